The molecule has 0 aromatic heterocycles. The zero-order valence-corrected chi connectivity index (χ0v) is 10.3. The summed E-state index contributed by atoms with van der Waals surface area (Å²) in [7, 11) is 0. The van der Waals surface area contributed by atoms with E-state index in [0.717, 1.165) is 13.0 Å². The van der Waals surface area contributed by atoms with Crippen LogP contribution in [0.3, 0.4) is 0 Å². The lowest BCUT2D eigenvalue weighted by atomic mass is 10.4. The summed E-state index contributed by atoms with van der Waals surface area (Å²) >= 11 is 0.637. The molecule has 15 heavy (non-hydrogen) atoms. The minimum atomic E-state index is -3.92. The van der Waals surface area contributed by atoms with Gasteiger partial charge < -0.3 is 20.4 Å². The molecule has 0 bridgehead atoms. The highest BCUT2D eigenvalue weighted by Gasteiger charge is 2.11. The van der Waals surface area contributed by atoms with Crippen LogP contribution >= 0.6 is 18.2 Å². The molecule has 0 heterocycles. The van der Waals surface area contributed by atoms with Gasteiger partial charge in [-0.3, -0.25) is 4.79 Å². The second-order valence-corrected chi connectivity index (χ2v) is 6.76. The number of nitrogens with one attached hydrogen (secondary N) is 2. The first-order chi connectivity index (χ1) is 6.92. The summed E-state index contributed by atoms with van der Waals surface area (Å²) in [6, 6.07) is 0. The van der Waals surface area contributed by atoms with E-state index in [0.29, 0.717) is 30.2 Å². The smallest absolute Gasteiger partial charge is 0.356 e. The third-order valence-corrected chi connectivity index (χ3v) is 3.72. The Hall–Kier alpha value is -0.0700. The van der Waals surface area contributed by atoms with Crippen molar-refractivity contribution in [3.05, 3.63) is 0 Å². The molecule has 0 saturated heterocycles. The third-order valence-electron chi connectivity index (χ3n) is 1.44. The van der Waals surface area contributed by atoms with E-state index in [9.17, 15) is 9.36 Å². The molecule has 0 aromatic rings. The van der Waals surface area contributed by atoms with Crippen molar-refractivity contribution in [3.8, 4) is 0 Å². The zero-order chi connectivity index (χ0) is 11.7. The van der Waals surface area contributed by atoms with Crippen molar-refractivity contribution in [1.82, 2.24) is 10.6 Å². The summed E-state index contributed by atoms with van der Waals surface area (Å²) in [4.78, 5) is 27.5. The van der Waals surface area contributed by atoms with Crippen molar-refractivity contribution >= 4 is 24.1 Å². The molecule has 0 saturated carbocycles. The van der Waals surface area contributed by atoms with E-state index in [1.807, 2.05) is 0 Å². The maximum Gasteiger partial charge on any atom is 0.384 e. The second kappa shape index (κ2) is 8.13. The van der Waals surface area contributed by atoms with Crippen LogP contribution in [0.4, 0.5) is 0 Å². The molecule has 4 N–H and O–H groups in total. The van der Waals surface area contributed by atoms with Crippen LogP contribution in [0.15, 0.2) is 0 Å². The highest BCUT2D eigenvalue weighted by atomic mass is 32.7. The van der Waals surface area contributed by atoms with Crippen LogP contribution in [-0.4, -0.2) is 41.1 Å². The van der Waals surface area contributed by atoms with E-state index >= 15 is 0 Å². The van der Waals surface area contributed by atoms with Gasteiger partial charge in [0.25, 0.3) is 0 Å². The SMILES string of the molecule is CC(=O)NCCCNCCSP(=O)(O)O. The normalized spacial score (nSPS) is 11.4. The van der Waals surface area contributed by atoms with E-state index < -0.39 is 6.80 Å². The average molecular weight is 256 g/mol. The largest absolute Gasteiger partial charge is 0.384 e. The summed E-state index contributed by atoms with van der Waals surface area (Å²) in [5.74, 6) is 0.330. The summed E-state index contributed by atoms with van der Waals surface area (Å²) < 4.78 is 10.4. The first-order valence-corrected chi connectivity index (χ1v) is 7.77. The molecule has 0 aromatic carbocycles. The lowest BCUT2D eigenvalue weighted by molar-refractivity contribution is -0.118. The van der Waals surface area contributed by atoms with Gasteiger partial charge in [-0.05, 0) is 24.3 Å². The van der Waals surface area contributed by atoms with Crippen LogP contribution in [0.5, 0.6) is 0 Å². The van der Waals surface area contributed by atoms with Gasteiger partial charge in [0.2, 0.25) is 5.91 Å². The molecule has 0 aliphatic heterocycles. The maximum atomic E-state index is 10.5. The fraction of sp³-hybridized carbons (Fsp3) is 0.857. The summed E-state index contributed by atoms with van der Waals surface area (Å²) in [6.07, 6.45) is 0.806. The standard InChI is InChI=1S/C7H17N2O4PS/c1-7(10)9-4-2-3-8-5-6-15-14(11,12)13/h8H,2-6H2,1H3,(H,9,10)(H2,11,12,13). The van der Waals surface area contributed by atoms with Crippen LogP contribution < -0.4 is 10.6 Å². The van der Waals surface area contributed by atoms with Gasteiger partial charge in [0.05, 0.1) is 0 Å². The Labute approximate surface area is 93.1 Å². The van der Waals surface area contributed by atoms with Gasteiger partial charge in [-0.15, -0.1) is 0 Å². The van der Waals surface area contributed by atoms with Gasteiger partial charge in [-0.1, -0.05) is 0 Å². The van der Waals surface area contributed by atoms with Crippen LogP contribution in [0.1, 0.15) is 13.3 Å². The number of hydrogen-bond donors (Lipinski definition) is 4. The fourth-order valence-corrected chi connectivity index (χ4v) is 2.30. The van der Waals surface area contributed by atoms with Crippen molar-refractivity contribution in [1.29, 1.82) is 0 Å². The molecule has 0 fully saturated rings. The van der Waals surface area contributed by atoms with E-state index in [-0.39, 0.29) is 5.91 Å². The molecule has 0 atom stereocenters. The Morgan fingerprint density at radius 1 is 1.33 bits per heavy atom. The minimum absolute atomic E-state index is 0.0490. The number of amides is 1. The number of carbonyl (C=O) groups excluding carboxylic acids is 1. The van der Waals surface area contributed by atoms with Gasteiger partial charge >= 0.3 is 6.80 Å². The quantitative estimate of drug-likeness (QED) is 0.358. The van der Waals surface area contributed by atoms with Crippen molar-refractivity contribution in [2.24, 2.45) is 0 Å². The van der Waals surface area contributed by atoms with Crippen molar-refractivity contribution < 1.29 is 19.1 Å². The van der Waals surface area contributed by atoms with Crippen LogP contribution in [0, 0.1) is 0 Å². The molecule has 0 spiro atoms. The van der Waals surface area contributed by atoms with Crippen LogP contribution in [0.2, 0.25) is 0 Å². The molecule has 6 nitrogen and oxygen atoms in total. The Bertz CT molecular complexity index is 233. The molecular formula is C7H17N2O4PS. The summed E-state index contributed by atoms with van der Waals surface area (Å²) in [6.45, 7) is -0.563. The lowest BCUT2D eigenvalue weighted by Gasteiger charge is -2.05. The topological polar surface area (TPSA) is 98.7 Å². The fourth-order valence-electron chi connectivity index (χ4n) is 0.840. The van der Waals surface area contributed by atoms with E-state index in [1.165, 1.54) is 6.92 Å². The molecule has 0 rings (SSSR count). The summed E-state index contributed by atoms with van der Waals surface area (Å²) in [5.41, 5.74) is 0. The highest BCUT2D eigenvalue weighted by molar-refractivity contribution is 8.54. The molecule has 0 radical (unpaired) electrons. The van der Waals surface area contributed by atoms with Gasteiger partial charge in [-0.2, -0.15) is 0 Å². The number of carbonyl (C=O) groups is 1. The first kappa shape index (κ1) is 14.9. The highest BCUT2D eigenvalue weighted by Crippen LogP contribution is 2.49. The molecule has 0 aliphatic rings. The van der Waals surface area contributed by atoms with Crippen molar-refractivity contribution in [2.45, 2.75) is 13.3 Å². The third kappa shape index (κ3) is 13.9. The molecular weight excluding hydrogens is 239 g/mol. The molecule has 1 amide bonds. The van der Waals surface area contributed by atoms with Gasteiger partial charge in [0, 0.05) is 25.8 Å². The van der Waals surface area contributed by atoms with Crippen LogP contribution in [-0.2, 0) is 9.36 Å². The second-order valence-electron chi connectivity index (χ2n) is 2.91. The number of rotatable bonds is 8. The Kier molecular flexibility index (Phi) is 8.09. The van der Waals surface area contributed by atoms with E-state index in [2.05, 4.69) is 10.6 Å². The van der Waals surface area contributed by atoms with Crippen molar-refractivity contribution in [3.63, 3.8) is 0 Å². The summed E-state index contributed by atoms with van der Waals surface area (Å²) in [5, 5.41) is 5.67. The van der Waals surface area contributed by atoms with E-state index in [1.54, 1.807) is 0 Å². The molecule has 0 unspecified atom stereocenters. The molecule has 90 valence electrons. The maximum absolute atomic E-state index is 10.5. The van der Waals surface area contributed by atoms with Crippen molar-refractivity contribution in [2.75, 3.05) is 25.4 Å². The van der Waals surface area contributed by atoms with Gasteiger partial charge in [0.1, 0.15) is 0 Å². The Balaban J connectivity index is 3.12. The predicted molar refractivity (Wildman–Crippen MR) is 60.7 cm³/mol. The monoisotopic (exact) mass is 256 g/mol. The minimum Gasteiger partial charge on any atom is -0.356 e. The van der Waals surface area contributed by atoms with E-state index in [4.69, 9.17) is 9.79 Å². The average Bonchev–Trinajstić information content (AvgIpc) is 2.07. The number of hydrogen-bond acceptors (Lipinski definition) is 4. The predicted octanol–water partition coefficient (Wildman–Crippen LogP) is -0.0719. The molecule has 0 aliphatic carbocycles. The molecule has 8 heteroatoms. The van der Waals surface area contributed by atoms with Gasteiger partial charge in [-0.25, -0.2) is 4.57 Å². The van der Waals surface area contributed by atoms with Crippen LogP contribution in [0.25, 0.3) is 0 Å². The zero-order valence-electron chi connectivity index (χ0n) is 8.60. The van der Waals surface area contributed by atoms with Gasteiger partial charge in [0.15, 0.2) is 0 Å². The first-order valence-electron chi connectivity index (χ1n) is 4.57. The lowest BCUT2D eigenvalue weighted by Crippen LogP contribution is -2.26. The Morgan fingerprint density at radius 2 is 2.00 bits per heavy atom. The Morgan fingerprint density at radius 3 is 2.53 bits per heavy atom.